The SMILES string of the molecule is NC(=O)[C@@H]1NCCc2c1[nH]c1ccccc21. The predicted molar refractivity (Wildman–Crippen MR) is 61.9 cm³/mol. The Morgan fingerprint density at radius 3 is 3.00 bits per heavy atom. The monoisotopic (exact) mass is 215 g/mol. The van der Waals surface area contributed by atoms with E-state index in [4.69, 9.17) is 5.73 Å². The van der Waals surface area contributed by atoms with E-state index in [2.05, 4.69) is 16.4 Å². The summed E-state index contributed by atoms with van der Waals surface area (Å²) in [7, 11) is 0. The van der Waals surface area contributed by atoms with Crippen molar-refractivity contribution >= 4 is 16.8 Å². The summed E-state index contributed by atoms with van der Waals surface area (Å²) in [5.74, 6) is -0.326. The van der Waals surface area contributed by atoms with E-state index in [1.807, 2.05) is 18.2 Å². The van der Waals surface area contributed by atoms with E-state index in [0.29, 0.717) is 0 Å². The Labute approximate surface area is 92.8 Å². The molecule has 2 aromatic rings. The summed E-state index contributed by atoms with van der Waals surface area (Å²) in [6, 6.07) is 7.71. The zero-order valence-electron chi connectivity index (χ0n) is 8.79. The van der Waals surface area contributed by atoms with Gasteiger partial charge < -0.3 is 16.0 Å². The van der Waals surface area contributed by atoms with Gasteiger partial charge in [-0.05, 0) is 18.1 Å². The molecular formula is C12H13N3O. The van der Waals surface area contributed by atoms with Gasteiger partial charge in [0.25, 0.3) is 0 Å². The van der Waals surface area contributed by atoms with Crippen molar-refractivity contribution in [2.75, 3.05) is 6.54 Å². The van der Waals surface area contributed by atoms with Gasteiger partial charge in [-0.25, -0.2) is 0 Å². The number of rotatable bonds is 1. The summed E-state index contributed by atoms with van der Waals surface area (Å²) in [5, 5.41) is 4.33. The maximum Gasteiger partial charge on any atom is 0.240 e. The molecule has 3 rings (SSSR count). The number of H-pyrrole nitrogens is 1. The quantitative estimate of drug-likeness (QED) is 0.659. The van der Waals surface area contributed by atoms with Crippen LogP contribution in [0.25, 0.3) is 10.9 Å². The van der Waals surface area contributed by atoms with Crippen molar-refractivity contribution in [3.63, 3.8) is 0 Å². The minimum atomic E-state index is -0.379. The zero-order valence-corrected chi connectivity index (χ0v) is 8.79. The number of benzene rings is 1. The van der Waals surface area contributed by atoms with Crippen molar-refractivity contribution in [1.82, 2.24) is 10.3 Å². The first-order valence-corrected chi connectivity index (χ1v) is 5.39. The second kappa shape index (κ2) is 3.35. The van der Waals surface area contributed by atoms with Crippen LogP contribution in [0.4, 0.5) is 0 Å². The molecule has 0 saturated heterocycles. The lowest BCUT2D eigenvalue weighted by Gasteiger charge is -2.21. The van der Waals surface area contributed by atoms with Gasteiger partial charge in [0.05, 0.1) is 0 Å². The molecule has 1 aromatic heterocycles. The van der Waals surface area contributed by atoms with Crippen LogP contribution in [0.3, 0.4) is 0 Å². The number of para-hydroxylation sites is 1. The van der Waals surface area contributed by atoms with E-state index >= 15 is 0 Å². The minimum absolute atomic E-state index is 0.326. The standard InChI is InChI=1S/C12H13N3O/c13-12(16)11-10-8(5-6-14-11)7-3-1-2-4-9(7)15-10/h1-4,11,14-15H,5-6H2,(H2,13,16)/t11-/m1/s1. The van der Waals surface area contributed by atoms with Gasteiger partial charge in [-0.1, -0.05) is 18.2 Å². The summed E-state index contributed by atoms with van der Waals surface area (Å²) in [6.45, 7) is 0.794. The van der Waals surface area contributed by atoms with E-state index in [0.717, 1.165) is 24.2 Å². The summed E-state index contributed by atoms with van der Waals surface area (Å²) < 4.78 is 0. The molecule has 4 N–H and O–H groups in total. The lowest BCUT2D eigenvalue weighted by Crippen LogP contribution is -2.38. The van der Waals surface area contributed by atoms with Crippen molar-refractivity contribution in [1.29, 1.82) is 0 Å². The maximum absolute atomic E-state index is 11.3. The van der Waals surface area contributed by atoms with Gasteiger partial charge in [-0.15, -0.1) is 0 Å². The third kappa shape index (κ3) is 1.23. The van der Waals surface area contributed by atoms with Crippen molar-refractivity contribution in [2.45, 2.75) is 12.5 Å². The predicted octanol–water partition coefficient (Wildman–Crippen LogP) is 0.840. The second-order valence-electron chi connectivity index (χ2n) is 4.10. The van der Waals surface area contributed by atoms with E-state index in [-0.39, 0.29) is 11.9 Å². The average molecular weight is 215 g/mol. The molecule has 0 spiro atoms. The van der Waals surface area contributed by atoms with Crippen LogP contribution in [0, 0.1) is 0 Å². The van der Waals surface area contributed by atoms with Gasteiger partial charge in [0.1, 0.15) is 6.04 Å². The first-order chi connectivity index (χ1) is 7.77. The smallest absolute Gasteiger partial charge is 0.240 e. The number of fused-ring (bicyclic) bond motifs is 3. The third-order valence-corrected chi connectivity index (χ3v) is 3.14. The van der Waals surface area contributed by atoms with Crippen LogP contribution in [0.15, 0.2) is 24.3 Å². The molecule has 1 amide bonds. The van der Waals surface area contributed by atoms with Crippen LogP contribution in [0.2, 0.25) is 0 Å². The number of amides is 1. The van der Waals surface area contributed by atoms with E-state index in [9.17, 15) is 4.79 Å². The molecule has 0 aliphatic carbocycles. The van der Waals surface area contributed by atoms with Gasteiger partial charge >= 0.3 is 0 Å². The highest BCUT2D eigenvalue weighted by atomic mass is 16.1. The van der Waals surface area contributed by atoms with Gasteiger partial charge in [0, 0.05) is 23.1 Å². The van der Waals surface area contributed by atoms with E-state index < -0.39 is 0 Å². The molecule has 0 bridgehead atoms. The molecule has 1 aliphatic rings. The first kappa shape index (κ1) is 9.42. The molecule has 0 fully saturated rings. The van der Waals surface area contributed by atoms with Crippen LogP contribution in [0.5, 0.6) is 0 Å². The molecule has 4 heteroatoms. The largest absolute Gasteiger partial charge is 0.368 e. The normalized spacial score (nSPS) is 19.6. The molecule has 1 aromatic carbocycles. The highest BCUT2D eigenvalue weighted by Crippen LogP contribution is 2.29. The molecule has 4 nitrogen and oxygen atoms in total. The minimum Gasteiger partial charge on any atom is -0.368 e. The van der Waals surface area contributed by atoms with E-state index in [1.165, 1.54) is 10.9 Å². The van der Waals surface area contributed by atoms with Crippen molar-refractivity contribution in [2.24, 2.45) is 5.73 Å². The number of carbonyl (C=O) groups excluding carboxylic acids is 1. The van der Waals surface area contributed by atoms with Crippen LogP contribution in [-0.2, 0) is 11.2 Å². The number of nitrogens with two attached hydrogens (primary N) is 1. The first-order valence-electron chi connectivity index (χ1n) is 5.39. The fourth-order valence-electron chi connectivity index (χ4n) is 2.42. The summed E-state index contributed by atoms with van der Waals surface area (Å²) in [4.78, 5) is 14.6. The molecule has 1 atom stereocenters. The lowest BCUT2D eigenvalue weighted by atomic mass is 9.99. The Morgan fingerprint density at radius 2 is 2.19 bits per heavy atom. The van der Waals surface area contributed by atoms with Crippen molar-refractivity contribution in [3.8, 4) is 0 Å². The van der Waals surface area contributed by atoms with Crippen LogP contribution in [0.1, 0.15) is 17.3 Å². The maximum atomic E-state index is 11.3. The average Bonchev–Trinajstić information content (AvgIpc) is 2.67. The molecule has 2 heterocycles. The van der Waals surface area contributed by atoms with Crippen LogP contribution in [-0.4, -0.2) is 17.4 Å². The van der Waals surface area contributed by atoms with Gasteiger partial charge in [-0.2, -0.15) is 0 Å². The molecule has 0 saturated carbocycles. The Balaban J connectivity index is 2.25. The topological polar surface area (TPSA) is 70.9 Å². The number of primary amides is 1. The Bertz CT molecular complexity index is 558. The highest BCUT2D eigenvalue weighted by molar-refractivity contribution is 5.89. The molecule has 82 valence electrons. The fraction of sp³-hybridized carbons (Fsp3) is 0.250. The number of hydrogen-bond acceptors (Lipinski definition) is 2. The fourth-order valence-corrected chi connectivity index (χ4v) is 2.42. The van der Waals surface area contributed by atoms with E-state index in [1.54, 1.807) is 0 Å². The Hall–Kier alpha value is -1.81. The van der Waals surface area contributed by atoms with Gasteiger partial charge in [0.15, 0.2) is 0 Å². The third-order valence-electron chi connectivity index (χ3n) is 3.14. The van der Waals surface area contributed by atoms with Crippen LogP contribution < -0.4 is 11.1 Å². The van der Waals surface area contributed by atoms with Crippen molar-refractivity contribution in [3.05, 3.63) is 35.5 Å². The second-order valence-corrected chi connectivity index (χ2v) is 4.10. The Morgan fingerprint density at radius 1 is 1.38 bits per heavy atom. The lowest BCUT2D eigenvalue weighted by molar-refractivity contribution is -0.120. The summed E-state index contributed by atoms with van der Waals surface area (Å²) in [6.07, 6.45) is 0.934. The number of nitrogens with one attached hydrogen (secondary N) is 2. The van der Waals surface area contributed by atoms with Crippen molar-refractivity contribution < 1.29 is 4.79 Å². The number of aromatic amines is 1. The molecule has 1 aliphatic heterocycles. The zero-order chi connectivity index (χ0) is 11.1. The van der Waals surface area contributed by atoms with Gasteiger partial charge in [0.2, 0.25) is 5.91 Å². The highest BCUT2D eigenvalue weighted by Gasteiger charge is 2.27. The number of hydrogen-bond donors (Lipinski definition) is 3. The molecule has 0 radical (unpaired) electrons. The summed E-state index contributed by atoms with van der Waals surface area (Å²) >= 11 is 0. The number of aromatic nitrogens is 1. The van der Waals surface area contributed by atoms with Gasteiger partial charge in [-0.3, -0.25) is 4.79 Å². The van der Waals surface area contributed by atoms with Crippen LogP contribution >= 0.6 is 0 Å². The Kier molecular flexibility index (Phi) is 1.97. The number of carbonyl (C=O) groups is 1. The molecule has 16 heavy (non-hydrogen) atoms. The molecule has 0 unspecified atom stereocenters. The summed E-state index contributed by atoms with van der Waals surface area (Å²) in [5.41, 5.74) is 8.61. The molecular weight excluding hydrogens is 202 g/mol.